The molecule has 1 aliphatic heterocycles. The molecule has 1 saturated heterocycles. The highest BCUT2D eigenvalue weighted by Gasteiger charge is 2.21. The smallest absolute Gasteiger partial charge is 0.226 e. The van der Waals surface area contributed by atoms with Crippen LogP contribution in [0.4, 0.5) is 0 Å². The van der Waals surface area contributed by atoms with Crippen LogP contribution in [0.1, 0.15) is 33.1 Å². The molecule has 1 amide bonds. The maximum atomic E-state index is 11.5. The van der Waals surface area contributed by atoms with E-state index in [2.05, 4.69) is 19.9 Å². The van der Waals surface area contributed by atoms with Crippen LogP contribution in [0, 0.1) is 5.92 Å². The first kappa shape index (κ1) is 10.3. The summed E-state index contributed by atoms with van der Waals surface area (Å²) in [5.41, 5.74) is 0. The molecule has 2 heteroatoms. The molecule has 0 bridgehead atoms. The monoisotopic (exact) mass is 181 g/mol. The third-order valence-corrected chi connectivity index (χ3v) is 2.47. The van der Waals surface area contributed by atoms with Crippen molar-refractivity contribution in [3.8, 4) is 0 Å². The van der Waals surface area contributed by atoms with Gasteiger partial charge in [0.15, 0.2) is 0 Å². The van der Waals surface area contributed by atoms with Crippen LogP contribution in [0.3, 0.4) is 0 Å². The Morgan fingerprint density at radius 2 is 2.31 bits per heavy atom. The van der Waals surface area contributed by atoms with Gasteiger partial charge in [0.05, 0.1) is 0 Å². The lowest BCUT2D eigenvalue weighted by Gasteiger charge is -2.14. The zero-order chi connectivity index (χ0) is 9.68. The van der Waals surface area contributed by atoms with Crippen molar-refractivity contribution in [2.75, 3.05) is 13.1 Å². The zero-order valence-corrected chi connectivity index (χ0v) is 8.62. The minimum Gasteiger partial charge on any atom is -0.342 e. The van der Waals surface area contributed by atoms with Crippen LogP contribution in [0.2, 0.25) is 0 Å². The highest BCUT2D eigenvalue weighted by molar-refractivity contribution is 5.77. The second-order valence-corrected chi connectivity index (χ2v) is 3.82. The Morgan fingerprint density at radius 3 is 2.85 bits per heavy atom. The molecule has 0 radical (unpaired) electrons. The number of hydrogen-bond acceptors (Lipinski definition) is 1. The molecule has 1 aliphatic rings. The first-order valence-electron chi connectivity index (χ1n) is 5.16. The third-order valence-electron chi connectivity index (χ3n) is 2.47. The fourth-order valence-electron chi connectivity index (χ4n) is 1.64. The van der Waals surface area contributed by atoms with Crippen LogP contribution in [-0.4, -0.2) is 23.9 Å². The number of likely N-dealkylation sites (tertiary alicyclic amines) is 1. The molecule has 2 nitrogen and oxygen atoms in total. The van der Waals surface area contributed by atoms with Crippen molar-refractivity contribution in [1.82, 2.24) is 4.90 Å². The maximum absolute atomic E-state index is 11.5. The van der Waals surface area contributed by atoms with Crippen molar-refractivity contribution in [2.45, 2.75) is 33.1 Å². The minimum absolute atomic E-state index is 0.286. The summed E-state index contributed by atoms with van der Waals surface area (Å²) >= 11 is 0. The van der Waals surface area contributed by atoms with Gasteiger partial charge in [0.2, 0.25) is 5.91 Å². The van der Waals surface area contributed by atoms with Gasteiger partial charge in [-0.15, -0.1) is 0 Å². The number of amides is 1. The molecule has 0 unspecified atom stereocenters. The number of nitrogens with zero attached hydrogens (tertiary/aromatic N) is 1. The van der Waals surface area contributed by atoms with Gasteiger partial charge in [-0.25, -0.2) is 0 Å². The summed E-state index contributed by atoms with van der Waals surface area (Å²) in [5.74, 6) is 0.980. The lowest BCUT2D eigenvalue weighted by Crippen LogP contribution is -2.27. The number of hydrogen-bond donors (Lipinski definition) is 0. The molecule has 0 spiro atoms. The van der Waals surface area contributed by atoms with Crippen molar-refractivity contribution in [1.29, 1.82) is 0 Å². The molecule has 0 saturated carbocycles. The second kappa shape index (κ2) is 5.05. The summed E-state index contributed by atoms with van der Waals surface area (Å²) in [5, 5.41) is 0. The molecular formula is C11H19NO. The molecule has 1 rings (SSSR count). The fourth-order valence-corrected chi connectivity index (χ4v) is 1.64. The van der Waals surface area contributed by atoms with Crippen molar-refractivity contribution in [3.63, 3.8) is 0 Å². The molecule has 0 aromatic heterocycles. The number of rotatable bonds is 3. The van der Waals surface area contributed by atoms with Crippen LogP contribution < -0.4 is 0 Å². The van der Waals surface area contributed by atoms with Gasteiger partial charge < -0.3 is 4.90 Å². The largest absolute Gasteiger partial charge is 0.342 e. The highest BCUT2D eigenvalue weighted by Crippen LogP contribution is 2.15. The van der Waals surface area contributed by atoms with E-state index in [1.54, 1.807) is 0 Å². The molecule has 1 heterocycles. The van der Waals surface area contributed by atoms with Crippen LogP contribution in [0.25, 0.3) is 0 Å². The van der Waals surface area contributed by atoms with Gasteiger partial charge in [0.1, 0.15) is 0 Å². The SMILES string of the molecule is CC/C=C/CC(=O)N1CC[C@@H](C)C1. The Morgan fingerprint density at radius 1 is 1.54 bits per heavy atom. The topological polar surface area (TPSA) is 20.3 Å². The van der Waals surface area contributed by atoms with E-state index in [0.29, 0.717) is 12.3 Å². The predicted octanol–water partition coefficient (Wildman–Crippen LogP) is 2.21. The van der Waals surface area contributed by atoms with Gasteiger partial charge in [-0.3, -0.25) is 4.79 Å². The summed E-state index contributed by atoms with van der Waals surface area (Å²) in [4.78, 5) is 13.5. The van der Waals surface area contributed by atoms with Crippen LogP contribution in [0.15, 0.2) is 12.2 Å². The van der Waals surface area contributed by atoms with Gasteiger partial charge in [0, 0.05) is 19.5 Å². The normalized spacial score (nSPS) is 22.9. The number of allylic oxidation sites excluding steroid dienone is 1. The van der Waals surface area contributed by atoms with E-state index in [4.69, 9.17) is 0 Å². The van der Waals surface area contributed by atoms with E-state index in [9.17, 15) is 4.79 Å². The van der Waals surface area contributed by atoms with Crippen molar-refractivity contribution < 1.29 is 4.79 Å². The highest BCUT2D eigenvalue weighted by atomic mass is 16.2. The van der Waals surface area contributed by atoms with Crippen LogP contribution >= 0.6 is 0 Å². The Labute approximate surface area is 80.6 Å². The number of carbonyl (C=O) groups is 1. The zero-order valence-electron chi connectivity index (χ0n) is 8.62. The maximum Gasteiger partial charge on any atom is 0.226 e. The summed E-state index contributed by atoms with van der Waals surface area (Å²) < 4.78 is 0. The van der Waals surface area contributed by atoms with E-state index < -0.39 is 0 Å². The lowest BCUT2D eigenvalue weighted by atomic mass is 10.2. The van der Waals surface area contributed by atoms with Crippen LogP contribution in [-0.2, 0) is 4.79 Å². The third kappa shape index (κ3) is 3.21. The molecule has 1 fully saturated rings. The van der Waals surface area contributed by atoms with Gasteiger partial charge in [-0.1, -0.05) is 26.0 Å². The molecule has 0 aromatic rings. The minimum atomic E-state index is 0.286. The molecular weight excluding hydrogens is 162 g/mol. The Hall–Kier alpha value is -0.790. The first-order chi connectivity index (χ1) is 6.24. The lowest BCUT2D eigenvalue weighted by molar-refractivity contribution is -0.129. The van der Waals surface area contributed by atoms with Crippen molar-refractivity contribution in [2.24, 2.45) is 5.92 Å². The Balaban J connectivity index is 2.27. The summed E-state index contributed by atoms with van der Waals surface area (Å²) in [7, 11) is 0. The predicted molar refractivity (Wildman–Crippen MR) is 54.4 cm³/mol. The van der Waals surface area contributed by atoms with Gasteiger partial charge in [-0.2, -0.15) is 0 Å². The van der Waals surface area contributed by atoms with Gasteiger partial charge in [-0.05, 0) is 18.8 Å². The Bertz CT molecular complexity index is 198. The molecule has 0 aliphatic carbocycles. The van der Waals surface area contributed by atoms with E-state index in [0.717, 1.165) is 19.5 Å². The van der Waals surface area contributed by atoms with E-state index >= 15 is 0 Å². The quantitative estimate of drug-likeness (QED) is 0.611. The van der Waals surface area contributed by atoms with Crippen molar-refractivity contribution in [3.05, 3.63) is 12.2 Å². The molecule has 0 N–H and O–H groups in total. The summed E-state index contributed by atoms with van der Waals surface area (Å²) in [6.07, 6.45) is 6.80. The average molecular weight is 181 g/mol. The molecule has 74 valence electrons. The van der Waals surface area contributed by atoms with Crippen molar-refractivity contribution >= 4 is 5.91 Å². The van der Waals surface area contributed by atoms with E-state index in [-0.39, 0.29) is 5.91 Å². The summed E-state index contributed by atoms with van der Waals surface area (Å²) in [6.45, 7) is 6.20. The van der Waals surface area contributed by atoms with Crippen LogP contribution in [0.5, 0.6) is 0 Å². The molecule has 13 heavy (non-hydrogen) atoms. The van der Waals surface area contributed by atoms with E-state index in [1.807, 2.05) is 11.0 Å². The fraction of sp³-hybridized carbons (Fsp3) is 0.727. The van der Waals surface area contributed by atoms with Gasteiger partial charge >= 0.3 is 0 Å². The van der Waals surface area contributed by atoms with Gasteiger partial charge in [0.25, 0.3) is 0 Å². The average Bonchev–Trinajstić information content (AvgIpc) is 2.52. The first-order valence-corrected chi connectivity index (χ1v) is 5.16. The van der Waals surface area contributed by atoms with E-state index in [1.165, 1.54) is 6.42 Å². The second-order valence-electron chi connectivity index (χ2n) is 3.82. The number of carbonyl (C=O) groups excluding carboxylic acids is 1. The molecule has 1 atom stereocenters. The standard InChI is InChI=1S/C11H19NO/c1-3-4-5-6-11(13)12-8-7-10(2)9-12/h4-5,10H,3,6-9H2,1-2H3/b5-4+/t10-/m1/s1. The Kier molecular flexibility index (Phi) is 4.00. The summed E-state index contributed by atoms with van der Waals surface area (Å²) in [6, 6.07) is 0. The molecule has 0 aromatic carbocycles.